The Morgan fingerprint density at radius 3 is 2.47 bits per heavy atom. The van der Waals surface area contributed by atoms with Crippen LogP contribution < -0.4 is 14.4 Å². The fraction of sp³-hybridized carbons (Fsp3) is 0.480. The molecular formula is C25H34N2O4S. The van der Waals surface area contributed by atoms with Gasteiger partial charge in [0.15, 0.2) is 0 Å². The zero-order valence-corrected chi connectivity index (χ0v) is 20.6. The Bertz CT molecular complexity index is 1090. The Balaban J connectivity index is 1.95. The van der Waals surface area contributed by atoms with E-state index in [2.05, 4.69) is 19.2 Å². The average molecular weight is 459 g/mol. The lowest BCUT2D eigenvalue weighted by atomic mass is 9.83. The highest BCUT2D eigenvalue weighted by Gasteiger charge is 2.40. The van der Waals surface area contributed by atoms with Gasteiger partial charge in [0.05, 0.1) is 18.0 Å². The third-order valence-corrected chi connectivity index (χ3v) is 7.72. The van der Waals surface area contributed by atoms with Gasteiger partial charge in [0.25, 0.3) is 0 Å². The molecule has 0 saturated carbocycles. The Morgan fingerprint density at radius 1 is 1.19 bits per heavy atom. The van der Waals surface area contributed by atoms with Gasteiger partial charge in [-0.15, -0.1) is 0 Å². The van der Waals surface area contributed by atoms with Crippen molar-refractivity contribution in [2.75, 3.05) is 10.6 Å². The van der Waals surface area contributed by atoms with Crippen LogP contribution in [0.1, 0.15) is 62.8 Å². The lowest BCUT2D eigenvalue weighted by Crippen LogP contribution is -2.51. The maximum absolute atomic E-state index is 13.4. The van der Waals surface area contributed by atoms with Gasteiger partial charge < -0.3 is 10.1 Å². The van der Waals surface area contributed by atoms with Gasteiger partial charge >= 0.3 is 0 Å². The van der Waals surface area contributed by atoms with E-state index in [1.54, 1.807) is 6.92 Å². The maximum Gasteiger partial charge on any atom is 0.244 e. The molecule has 0 fully saturated rings. The van der Waals surface area contributed by atoms with E-state index in [1.807, 2.05) is 56.3 Å². The number of ether oxygens (including phenoxy) is 1. The first-order chi connectivity index (χ1) is 15.0. The summed E-state index contributed by atoms with van der Waals surface area (Å²) in [5.41, 5.74) is 2.82. The summed E-state index contributed by atoms with van der Waals surface area (Å²) in [5, 5.41) is 3.13. The summed E-state index contributed by atoms with van der Waals surface area (Å²) in [6.07, 6.45) is 3.41. The number of benzene rings is 2. The number of sulfonamides is 1. The SMILES string of the molecule is CCC1(CC)C[C@H](NC(=O)[C@H](C)N(c2cc(C)ccc2C)S(C)(=O)=O)c2ccccc2O1. The molecule has 2 aromatic rings. The summed E-state index contributed by atoms with van der Waals surface area (Å²) >= 11 is 0. The number of rotatable bonds is 7. The van der Waals surface area contributed by atoms with Gasteiger partial charge in [-0.25, -0.2) is 8.42 Å². The van der Waals surface area contributed by atoms with Crippen LogP contribution in [-0.2, 0) is 14.8 Å². The molecule has 0 radical (unpaired) electrons. The molecule has 0 unspecified atom stereocenters. The number of aryl methyl sites for hydroxylation is 2. The van der Waals surface area contributed by atoms with Crippen molar-refractivity contribution in [2.45, 2.75) is 71.6 Å². The molecule has 0 spiro atoms. The van der Waals surface area contributed by atoms with Crippen molar-refractivity contribution in [1.29, 1.82) is 0 Å². The molecule has 0 aromatic heterocycles. The van der Waals surface area contributed by atoms with Crippen LogP contribution in [0.3, 0.4) is 0 Å². The first kappa shape index (κ1) is 24.1. The molecule has 6 nitrogen and oxygen atoms in total. The highest BCUT2D eigenvalue weighted by atomic mass is 32.2. The third kappa shape index (κ3) is 4.77. The minimum absolute atomic E-state index is 0.255. The highest BCUT2D eigenvalue weighted by Crippen LogP contribution is 2.42. The number of amides is 1. The Kier molecular flexibility index (Phi) is 6.89. The number of nitrogens with one attached hydrogen (secondary N) is 1. The van der Waals surface area contributed by atoms with Crippen molar-refractivity contribution in [3.63, 3.8) is 0 Å². The van der Waals surface area contributed by atoms with E-state index in [4.69, 9.17) is 4.74 Å². The summed E-state index contributed by atoms with van der Waals surface area (Å²) in [7, 11) is -3.69. The second-order valence-corrected chi connectivity index (χ2v) is 10.7. The van der Waals surface area contributed by atoms with Crippen LogP contribution in [0.25, 0.3) is 0 Å². The van der Waals surface area contributed by atoms with Gasteiger partial charge in [-0.05, 0) is 56.9 Å². The predicted molar refractivity (Wildman–Crippen MR) is 129 cm³/mol. The minimum Gasteiger partial charge on any atom is -0.487 e. The number of carbonyl (C=O) groups excluding carboxylic acids is 1. The highest BCUT2D eigenvalue weighted by molar-refractivity contribution is 7.92. The third-order valence-electron chi connectivity index (χ3n) is 6.49. The van der Waals surface area contributed by atoms with Crippen LogP contribution >= 0.6 is 0 Å². The Morgan fingerprint density at radius 2 is 1.84 bits per heavy atom. The molecule has 174 valence electrons. The lowest BCUT2D eigenvalue weighted by molar-refractivity contribution is -0.123. The van der Waals surface area contributed by atoms with Crippen molar-refractivity contribution in [1.82, 2.24) is 5.32 Å². The first-order valence-corrected chi connectivity index (χ1v) is 13.0. The van der Waals surface area contributed by atoms with Crippen molar-refractivity contribution in [3.05, 3.63) is 59.2 Å². The molecule has 32 heavy (non-hydrogen) atoms. The summed E-state index contributed by atoms with van der Waals surface area (Å²) < 4.78 is 33.1. The molecule has 1 amide bonds. The number of anilines is 1. The molecule has 0 bridgehead atoms. The van der Waals surface area contributed by atoms with Crippen LogP contribution in [0, 0.1) is 13.8 Å². The quantitative estimate of drug-likeness (QED) is 0.655. The summed E-state index contributed by atoms with van der Waals surface area (Å²) in [5.74, 6) is 0.439. The minimum atomic E-state index is -3.69. The molecule has 1 aliphatic rings. The van der Waals surface area contributed by atoms with Crippen molar-refractivity contribution in [2.24, 2.45) is 0 Å². The van der Waals surface area contributed by atoms with Crippen LogP contribution in [0.4, 0.5) is 5.69 Å². The summed E-state index contributed by atoms with van der Waals surface area (Å²) in [6.45, 7) is 9.57. The average Bonchev–Trinajstić information content (AvgIpc) is 2.75. The number of carbonyl (C=O) groups is 1. The molecular weight excluding hydrogens is 424 g/mol. The number of fused-ring (bicyclic) bond motifs is 1. The molecule has 1 N–H and O–H groups in total. The second kappa shape index (κ2) is 9.14. The molecule has 7 heteroatoms. The number of hydrogen-bond donors (Lipinski definition) is 1. The Labute approximate surface area is 192 Å². The van der Waals surface area contributed by atoms with Crippen LogP contribution in [-0.4, -0.2) is 32.2 Å². The summed E-state index contributed by atoms with van der Waals surface area (Å²) in [6, 6.07) is 12.2. The van der Waals surface area contributed by atoms with Crippen LogP contribution in [0.2, 0.25) is 0 Å². The predicted octanol–water partition coefficient (Wildman–Crippen LogP) is 4.66. The molecule has 2 aromatic carbocycles. The molecule has 2 atom stereocenters. The Hall–Kier alpha value is -2.54. The normalized spacial score (nSPS) is 18.2. The first-order valence-electron chi connectivity index (χ1n) is 11.2. The fourth-order valence-corrected chi connectivity index (χ4v) is 5.68. The van der Waals surface area contributed by atoms with E-state index in [9.17, 15) is 13.2 Å². The standard InChI is InChI=1S/C25H34N2O4S/c1-7-25(8-2)16-21(20-11-9-10-12-23(20)31-25)26-24(28)19(5)27(32(6,29)30)22-15-17(3)13-14-18(22)4/h9-15,19,21H,7-8,16H2,1-6H3,(H,26,28)/t19-,21-/m0/s1. The molecule has 3 rings (SSSR count). The van der Waals surface area contributed by atoms with Gasteiger partial charge in [-0.1, -0.05) is 44.2 Å². The maximum atomic E-state index is 13.4. The van der Waals surface area contributed by atoms with E-state index in [1.165, 1.54) is 4.31 Å². The number of nitrogens with zero attached hydrogens (tertiary/aromatic N) is 1. The van der Waals surface area contributed by atoms with E-state index in [-0.39, 0.29) is 17.6 Å². The lowest BCUT2D eigenvalue weighted by Gasteiger charge is -2.42. The van der Waals surface area contributed by atoms with Crippen molar-refractivity contribution >= 4 is 21.6 Å². The van der Waals surface area contributed by atoms with Crippen molar-refractivity contribution < 1.29 is 17.9 Å². The summed E-state index contributed by atoms with van der Waals surface area (Å²) in [4.78, 5) is 13.4. The van der Waals surface area contributed by atoms with Gasteiger partial charge in [0, 0.05) is 12.0 Å². The van der Waals surface area contributed by atoms with Gasteiger partial charge in [-0.3, -0.25) is 9.10 Å². The van der Waals surface area contributed by atoms with E-state index < -0.39 is 16.1 Å². The van der Waals surface area contributed by atoms with Gasteiger partial charge in [0.1, 0.15) is 17.4 Å². The topological polar surface area (TPSA) is 75.7 Å². The number of para-hydroxylation sites is 1. The zero-order valence-electron chi connectivity index (χ0n) is 19.8. The van der Waals surface area contributed by atoms with E-state index in [0.29, 0.717) is 12.1 Å². The van der Waals surface area contributed by atoms with Gasteiger partial charge in [0.2, 0.25) is 15.9 Å². The molecule has 0 aliphatic carbocycles. The molecule has 1 aliphatic heterocycles. The van der Waals surface area contributed by atoms with Gasteiger partial charge in [-0.2, -0.15) is 0 Å². The van der Waals surface area contributed by atoms with Crippen molar-refractivity contribution in [3.8, 4) is 5.75 Å². The second-order valence-electron chi connectivity index (χ2n) is 8.82. The fourth-order valence-electron chi connectivity index (χ4n) is 4.46. The monoisotopic (exact) mass is 458 g/mol. The number of hydrogen-bond acceptors (Lipinski definition) is 4. The largest absolute Gasteiger partial charge is 0.487 e. The zero-order chi connectivity index (χ0) is 23.7. The van der Waals surface area contributed by atoms with E-state index >= 15 is 0 Å². The molecule has 0 saturated heterocycles. The molecule has 1 heterocycles. The van der Waals surface area contributed by atoms with Crippen LogP contribution in [0.5, 0.6) is 5.75 Å². The van der Waals surface area contributed by atoms with E-state index in [0.717, 1.165) is 41.5 Å². The van der Waals surface area contributed by atoms with Crippen LogP contribution in [0.15, 0.2) is 42.5 Å². The smallest absolute Gasteiger partial charge is 0.244 e.